The van der Waals surface area contributed by atoms with E-state index in [1.807, 2.05) is 0 Å². The van der Waals surface area contributed by atoms with E-state index in [1.54, 1.807) is 12.0 Å². The molecule has 5 heteroatoms. The fourth-order valence-electron chi connectivity index (χ4n) is 1.66. The standard InChI is InChI=1S/C7H11N3O2/c1-12-6-8-7(9-6)3-2-4-10(7)5-11/h5H,2-4H2,1H3,(H,8,9). The van der Waals surface area contributed by atoms with Gasteiger partial charge in [0.1, 0.15) is 0 Å². The van der Waals surface area contributed by atoms with Crippen LogP contribution in [0.15, 0.2) is 4.99 Å². The Morgan fingerprint density at radius 2 is 2.58 bits per heavy atom. The minimum Gasteiger partial charge on any atom is -0.468 e. The van der Waals surface area contributed by atoms with Crippen molar-refractivity contribution in [2.75, 3.05) is 13.7 Å². The Morgan fingerprint density at radius 1 is 1.83 bits per heavy atom. The number of amides is 1. The summed E-state index contributed by atoms with van der Waals surface area (Å²) in [4.78, 5) is 16.4. The highest BCUT2D eigenvalue weighted by atomic mass is 16.5. The normalized spacial score (nSPS) is 32.4. The first-order valence-electron chi connectivity index (χ1n) is 3.95. The molecule has 0 aliphatic carbocycles. The molecule has 0 radical (unpaired) electrons. The molecule has 1 saturated heterocycles. The third kappa shape index (κ3) is 0.790. The number of nitrogens with one attached hydrogen (secondary N) is 1. The van der Waals surface area contributed by atoms with Gasteiger partial charge >= 0.3 is 0 Å². The van der Waals surface area contributed by atoms with E-state index in [2.05, 4.69) is 10.3 Å². The number of nitrogens with zero attached hydrogens (tertiary/aromatic N) is 2. The zero-order valence-corrected chi connectivity index (χ0v) is 6.91. The van der Waals surface area contributed by atoms with Gasteiger partial charge in [-0.1, -0.05) is 0 Å². The van der Waals surface area contributed by atoms with Crippen LogP contribution in [0, 0.1) is 0 Å². The molecule has 2 heterocycles. The van der Waals surface area contributed by atoms with E-state index < -0.39 is 5.79 Å². The molecule has 66 valence electrons. The number of aliphatic imine (C=N–C) groups is 1. The van der Waals surface area contributed by atoms with Crippen LogP contribution in [-0.2, 0) is 9.53 Å². The fraction of sp³-hybridized carbons (Fsp3) is 0.714. The molecule has 0 aromatic heterocycles. The van der Waals surface area contributed by atoms with Crippen LogP contribution in [-0.4, -0.2) is 36.8 Å². The number of likely N-dealkylation sites (tertiary alicyclic amines) is 1. The van der Waals surface area contributed by atoms with Crippen LogP contribution in [0.4, 0.5) is 0 Å². The molecule has 5 nitrogen and oxygen atoms in total. The Labute approximate surface area is 70.4 Å². The molecule has 2 aliphatic rings. The average molecular weight is 169 g/mol. The second-order valence-corrected chi connectivity index (χ2v) is 2.97. The van der Waals surface area contributed by atoms with Gasteiger partial charge in [0.2, 0.25) is 12.2 Å². The van der Waals surface area contributed by atoms with Crippen molar-refractivity contribution in [2.24, 2.45) is 4.99 Å². The predicted octanol–water partition coefficient (Wildman–Crippen LogP) is -0.502. The van der Waals surface area contributed by atoms with Gasteiger partial charge in [-0.05, 0) is 6.42 Å². The van der Waals surface area contributed by atoms with E-state index in [-0.39, 0.29) is 0 Å². The number of hydrogen-bond donors (Lipinski definition) is 1. The maximum absolute atomic E-state index is 10.6. The van der Waals surface area contributed by atoms with Gasteiger partial charge in [-0.25, -0.2) is 0 Å². The Hall–Kier alpha value is -1.26. The van der Waals surface area contributed by atoms with E-state index >= 15 is 0 Å². The maximum Gasteiger partial charge on any atom is 0.291 e. The van der Waals surface area contributed by atoms with E-state index in [0.717, 1.165) is 25.8 Å². The molecule has 1 atom stereocenters. The summed E-state index contributed by atoms with van der Waals surface area (Å²) in [6, 6.07) is 0.517. The number of amidine groups is 1. The minimum atomic E-state index is -0.465. The molecule has 1 fully saturated rings. The smallest absolute Gasteiger partial charge is 0.291 e. The van der Waals surface area contributed by atoms with Crippen LogP contribution in [0.3, 0.4) is 0 Å². The summed E-state index contributed by atoms with van der Waals surface area (Å²) in [6.07, 6.45) is 2.70. The minimum absolute atomic E-state index is 0.465. The molecule has 1 unspecified atom stereocenters. The van der Waals surface area contributed by atoms with Crippen LogP contribution >= 0.6 is 0 Å². The number of rotatable bonds is 1. The number of ether oxygens (including phenoxy) is 1. The highest BCUT2D eigenvalue weighted by Gasteiger charge is 2.47. The van der Waals surface area contributed by atoms with Gasteiger partial charge in [-0.3, -0.25) is 10.1 Å². The van der Waals surface area contributed by atoms with Crippen LogP contribution in [0.1, 0.15) is 12.8 Å². The molecule has 1 spiro atoms. The molecule has 0 aromatic carbocycles. The maximum atomic E-state index is 10.6. The Kier molecular flexibility index (Phi) is 1.46. The number of carbonyl (C=O) groups is 1. The quantitative estimate of drug-likeness (QED) is 0.538. The summed E-state index contributed by atoms with van der Waals surface area (Å²) in [5.74, 6) is -0.465. The predicted molar refractivity (Wildman–Crippen MR) is 42.3 cm³/mol. The summed E-state index contributed by atoms with van der Waals surface area (Å²) in [6.45, 7) is 0.775. The highest BCUT2D eigenvalue weighted by Crippen LogP contribution is 2.31. The molecule has 0 aromatic rings. The van der Waals surface area contributed by atoms with Gasteiger partial charge in [0.15, 0.2) is 0 Å². The zero-order valence-electron chi connectivity index (χ0n) is 6.91. The van der Waals surface area contributed by atoms with Crippen molar-refractivity contribution in [3.63, 3.8) is 0 Å². The third-order valence-electron chi connectivity index (χ3n) is 2.31. The molecule has 2 rings (SSSR count). The lowest BCUT2D eigenvalue weighted by molar-refractivity contribution is -0.123. The molecular formula is C7H11N3O2. The average Bonchev–Trinajstić information content (AvgIpc) is 2.43. The van der Waals surface area contributed by atoms with Crippen molar-refractivity contribution < 1.29 is 9.53 Å². The van der Waals surface area contributed by atoms with E-state index in [1.165, 1.54) is 0 Å². The SMILES string of the molecule is COC1=NC2(CCCN2C=O)N1. The summed E-state index contributed by atoms with van der Waals surface area (Å²) in [5, 5.41) is 3.03. The van der Waals surface area contributed by atoms with Crippen molar-refractivity contribution >= 4 is 12.4 Å². The second-order valence-electron chi connectivity index (χ2n) is 2.97. The van der Waals surface area contributed by atoms with Gasteiger partial charge in [-0.2, -0.15) is 4.99 Å². The molecule has 12 heavy (non-hydrogen) atoms. The van der Waals surface area contributed by atoms with E-state index in [4.69, 9.17) is 4.74 Å². The summed E-state index contributed by atoms with van der Waals surface area (Å²) >= 11 is 0. The van der Waals surface area contributed by atoms with Crippen molar-refractivity contribution in [1.29, 1.82) is 0 Å². The fourth-order valence-corrected chi connectivity index (χ4v) is 1.66. The zero-order chi connectivity index (χ0) is 8.60. The van der Waals surface area contributed by atoms with Crippen LogP contribution < -0.4 is 5.32 Å². The highest BCUT2D eigenvalue weighted by molar-refractivity contribution is 5.80. The number of methoxy groups -OCH3 is 1. The molecule has 0 saturated carbocycles. The van der Waals surface area contributed by atoms with Gasteiger partial charge < -0.3 is 9.64 Å². The topological polar surface area (TPSA) is 53.9 Å². The van der Waals surface area contributed by atoms with Crippen molar-refractivity contribution in [3.8, 4) is 0 Å². The molecule has 0 bridgehead atoms. The Morgan fingerprint density at radius 3 is 3.17 bits per heavy atom. The van der Waals surface area contributed by atoms with Gasteiger partial charge in [0, 0.05) is 13.0 Å². The monoisotopic (exact) mass is 169 g/mol. The van der Waals surface area contributed by atoms with Gasteiger partial charge in [0.25, 0.3) is 6.02 Å². The number of hydrogen-bond acceptors (Lipinski definition) is 4. The second kappa shape index (κ2) is 2.36. The van der Waals surface area contributed by atoms with Crippen LogP contribution in [0.2, 0.25) is 0 Å². The van der Waals surface area contributed by atoms with Gasteiger partial charge in [-0.15, -0.1) is 0 Å². The third-order valence-corrected chi connectivity index (χ3v) is 2.31. The molecular weight excluding hydrogens is 158 g/mol. The lowest BCUT2D eigenvalue weighted by Gasteiger charge is -2.40. The lowest BCUT2D eigenvalue weighted by Crippen LogP contribution is -2.63. The first-order valence-corrected chi connectivity index (χ1v) is 3.95. The molecule has 1 amide bonds. The van der Waals surface area contributed by atoms with Gasteiger partial charge in [0.05, 0.1) is 7.11 Å². The van der Waals surface area contributed by atoms with E-state index in [0.29, 0.717) is 6.02 Å². The van der Waals surface area contributed by atoms with Crippen LogP contribution in [0.25, 0.3) is 0 Å². The summed E-state index contributed by atoms with van der Waals surface area (Å²) < 4.78 is 4.86. The molecule has 1 N–H and O–H groups in total. The Balaban J connectivity index is 2.14. The summed E-state index contributed by atoms with van der Waals surface area (Å²) in [7, 11) is 1.55. The van der Waals surface area contributed by atoms with Crippen molar-refractivity contribution in [1.82, 2.24) is 10.2 Å². The largest absolute Gasteiger partial charge is 0.468 e. The first-order chi connectivity index (χ1) is 5.80. The molecule has 2 aliphatic heterocycles. The van der Waals surface area contributed by atoms with Crippen LogP contribution in [0.5, 0.6) is 0 Å². The Bertz CT molecular complexity index is 241. The van der Waals surface area contributed by atoms with E-state index in [9.17, 15) is 4.79 Å². The van der Waals surface area contributed by atoms with Crippen molar-refractivity contribution in [2.45, 2.75) is 18.6 Å². The number of carbonyl (C=O) groups excluding carboxylic acids is 1. The lowest BCUT2D eigenvalue weighted by atomic mass is 10.2. The van der Waals surface area contributed by atoms with Crippen molar-refractivity contribution in [3.05, 3.63) is 0 Å². The first kappa shape index (κ1) is 7.39. The summed E-state index contributed by atoms with van der Waals surface area (Å²) in [5.41, 5.74) is 0.